The van der Waals surface area contributed by atoms with Crippen LogP contribution in [0.25, 0.3) is 0 Å². The molecule has 8 nitrogen and oxygen atoms in total. The molecule has 0 radical (unpaired) electrons. The number of halogens is 1. The summed E-state index contributed by atoms with van der Waals surface area (Å²) >= 11 is 7.10. The van der Waals surface area contributed by atoms with Gasteiger partial charge >= 0.3 is 6.09 Å². The molecule has 1 aromatic heterocycles. The Bertz CT molecular complexity index is 1290. The van der Waals surface area contributed by atoms with E-state index in [1.54, 1.807) is 24.3 Å². The van der Waals surface area contributed by atoms with Gasteiger partial charge < -0.3 is 20.3 Å². The quantitative estimate of drug-likeness (QED) is 0.420. The monoisotopic (exact) mass is 538 g/mol. The number of amides is 3. The van der Waals surface area contributed by atoms with Crippen molar-refractivity contribution >= 4 is 57.9 Å². The number of anilines is 3. The first-order chi connectivity index (χ1) is 18.0. The van der Waals surface area contributed by atoms with Gasteiger partial charge in [0, 0.05) is 24.3 Å². The fraction of sp³-hybridized carbons (Fsp3) is 0.296. The average Bonchev–Trinajstić information content (AvgIpc) is 3.53. The highest BCUT2D eigenvalue weighted by Gasteiger charge is 2.33. The first kappa shape index (κ1) is 25.1. The predicted molar refractivity (Wildman–Crippen MR) is 146 cm³/mol. The minimum atomic E-state index is -0.504. The van der Waals surface area contributed by atoms with Crippen molar-refractivity contribution in [3.05, 3.63) is 75.4 Å². The normalized spacial score (nSPS) is 17.4. The molecule has 2 aromatic carbocycles. The number of nitrogens with one attached hydrogen (secondary N) is 2. The van der Waals surface area contributed by atoms with E-state index in [2.05, 4.69) is 15.5 Å². The van der Waals surface area contributed by atoms with E-state index in [0.29, 0.717) is 26.2 Å². The highest BCUT2D eigenvalue weighted by atomic mass is 35.5. The summed E-state index contributed by atoms with van der Waals surface area (Å²) in [4.78, 5) is 42.3. The lowest BCUT2D eigenvalue weighted by Gasteiger charge is -2.31. The van der Waals surface area contributed by atoms with Crippen molar-refractivity contribution in [1.82, 2.24) is 5.32 Å². The summed E-state index contributed by atoms with van der Waals surface area (Å²) in [6.45, 7) is 2.28. The van der Waals surface area contributed by atoms with E-state index >= 15 is 0 Å². The minimum Gasteiger partial charge on any atom is -0.442 e. The van der Waals surface area contributed by atoms with E-state index in [1.165, 1.54) is 22.7 Å². The fourth-order valence-corrected chi connectivity index (χ4v) is 5.51. The number of carbonyl (C=O) groups excluding carboxylic acids is 3. The molecule has 192 valence electrons. The van der Waals surface area contributed by atoms with Crippen LogP contribution in [0.4, 0.5) is 21.9 Å². The second kappa shape index (κ2) is 11.2. The summed E-state index contributed by atoms with van der Waals surface area (Å²) in [6, 6.07) is 18.0. The van der Waals surface area contributed by atoms with Crippen LogP contribution in [0.2, 0.25) is 4.34 Å². The van der Waals surface area contributed by atoms with Gasteiger partial charge in [-0.05, 0) is 61.7 Å². The standard InChI is InChI=1S/C27H27ClN4O4S/c28-24-12-11-23(37-24)26(34)29-16-20-17-32(27(35)36-20)19-9-10-22(31-13-5-2-6-14-31)21(15-19)30-25(33)18-7-3-1-4-8-18/h1,3-4,7-12,15,20H,2,5-6,13-14,16-17H2,(H,29,34)(H,30,33). The lowest BCUT2D eigenvalue weighted by molar-refractivity contribution is 0.0919. The van der Waals surface area contributed by atoms with Crippen molar-refractivity contribution in [3.63, 3.8) is 0 Å². The Morgan fingerprint density at radius 2 is 1.78 bits per heavy atom. The third kappa shape index (κ3) is 5.89. The maximum Gasteiger partial charge on any atom is 0.414 e. The topological polar surface area (TPSA) is 91.0 Å². The third-order valence-electron chi connectivity index (χ3n) is 6.43. The molecule has 10 heteroatoms. The van der Waals surface area contributed by atoms with Crippen LogP contribution < -0.4 is 20.4 Å². The Hall–Kier alpha value is -3.56. The van der Waals surface area contributed by atoms with Crippen molar-refractivity contribution in [2.45, 2.75) is 25.4 Å². The first-order valence-corrected chi connectivity index (χ1v) is 13.4. The molecule has 37 heavy (non-hydrogen) atoms. The van der Waals surface area contributed by atoms with Crippen LogP contribution in [-0.2, 0) is 4.74 Å². The Morgan fingerprint density at radius 1 is 1.00 bits per heavy atom. The third-order valence-corrected chi connectivity index (χ3v) is 7.66. The molecule has 1 unspecified atom stereocenters. The van der Waals surface area contributed by atoms with E-state index in [0.717, 1.165) is 31.6 Å². The molecule has 1 atom stereocenters. The van der Waals surface area contributed by atoms with Gasteiger partial charge in [-0.2, -0.15) is 0 Å². The Kier molecular flexibility index (Phi) is 7.62. The van der Waals surface area contributed by atoms with E-state index in [1.807, 2.05) is 36.4 Å². The van der Waals surface area contributed by atoms with Gasteiger partial charge in [0.15, 0.2) is 0 Å². The molecule has 2 aliphatic rings. The highest BCUT2D eigenvalue weighted by Crippen LogP contribution is 2.34. The Morgan fingerprint density at radius 3 is 2.51 bits per heavy atom. The molecular weight excluding hydrogens is 512 g/mol. The van der Waals surface area contributed by atoms with Crippen molar-refractivity contribution < 1.29 is 19.1 Å². The van der Waals surface area contributed by atoms with Gasteiger partial charge in [0.2, 0.25) is 0 Å². The van der Waals surface area contributed by atoms with Crippen LogP contribution in [0.5, 0.6) is 0 Å². The van der Waals surface area contributed by atoms with Crippen LogP contribution in [-0.4, -0.2) is 50.2 Å². The molecular formula is C27H27ClN4O4S. The lowest BCUT2D eigenvalue weighted by Crippen LogP contribution is -2.34. The fourth-order valence-electron chi connectivity index (χ4n) is 4.56. The largest absolute Gasteiger partial charge is 0.442 e. The molecule has 2 fully saturated rings. The summed E-state index contributed by atoms with van der Waals surface area (Å²) in [7, 11) is 0. The van der Waals surface area contributed by atoms with Gasteiger partial charge in [-0.3, -0.25) is 14.5 Å². The number of carbonyl (C=O) groups is 3. The lowest BCUT2D eigenvalue weighted by atomic mass is 10.1. The second-order valence-electron chi connectivity index (χ2n) is 9.00. The predicted octanol–water partition coefficient (Wildman–Crippen LogP) is 5.40. The zero-order valence-electron chi connectivity index (χ0n) is 20.1. The molecule has 3 heterocycles. The molecule has 0 saturated carbocycles. The second-order valence-corrected chi connectivity index (χ2v) is 10.7. The SMILES string of the molecule is O=C(Nc1cc(N2CC(CNC(=O)c3ccc(Cl)s3)OC2=O)ccc1N1CCCCC1)c1ccccc1. The van der Waals surface area contributed by atoms with Crippen molar-refractivity contribution in [1.29, 1.82) is 0 Å². The summed E-state index contributed by atoms with van der Waals surface area (Å²) in [6.07, 6.45) is 2.38. The smallest absolute Gasteiger partial charge is 0.414 e. The van der Waals surface area contributed by atoms with Crippen LogP contribution in [0.15, 0.2) is 60.7 Å². The number of benzene rings is 2. The molecule has 2 N–H and O–H groups in total. The summed E-state index contributed by atoms with van der Waals surface area (Å²) in [5.74, 6) is -0.475. The highest BCUT2D eigenvalue weighted by molar-refractivity contribution is 7.18. The van der Waals surface area contributed by atoms with Crippen LogP contribution in [0, 0.1) is 0 Å². The summed E-state index contributed by atoms with van der Waals surface area (Å²) < 4.78 is 6.04. The zero-order valence-corrected chi connectivity index (χ0v) is 21.7. The Labute approximate surface area is 224 Å². The molecule has 2 saturated heterocycles. The molecule has 0 spiro atoms. The summed E-state index contributed by atoms with van der Waals surface area (Å²) in [5.41, 5.74) is 2.75. The number of nitrogens with zero attached hydrogens (tertiary/aromatic N) is 2. The molecule has 0 bridgehead atoms. The molecule has 0 aliphatic carbocycles. The van der Waals surface area contributed by atoms with Crippen LogP contribution in [0.1, 0.15) is 39.3 Å². The number of ether oxygens (including phenoxy) is 1. The molecule has 2 aliphatic heterocycles. The van der Waals surface area contributed by atoms with Gasteiger partial charge in [0.05, 0.1) is 33.7 Å². The number of piperidine rings is 1. The van der Waals surface area contributed by atoms with E-state index in [-0.39, 0.29) is 24.9 Å². The molecule has 3 amide bonds. The molecule has 3 aromatic rings. The van der Waals surface area contributed by atoms with Gasteiger partial charge in [-0.25, -0.2) is 4.79 Å². The maximum atomic E-state index is 13.0. The van der Waals surface area contributed by atoms with Crippen LogP contribution >= 0.6 is 22.9 Å². The van der Waals surface area contributed by atoms with E-state index in [4.69, 9.17) is 16.3 Å². The van der Waals surface area contributed by atoms with Crippen LogP contribution in [0.3, 0.4) is 0 Å². The van der Waals surface area contributed by atoms with Crippen molar-refractivity contribution in [2.24, 2.45) is 0 Å². The van der Waals surface area contributed by atoms with E-state index < -0.39 is 12.2 Å². The number of hydrogen-bond donors (Lipinski definition) is 2. The first-order valence-electron chi connectivity index (χ1n) is 12.2. The van der Waals surface area contributed by atoms with Crippen molar-refractivity contribution in [2.75, 3.05) is 41.3 Å². The minimum absolute atomic E-state index is 0.181. The number of rotatable bonds is 7. The van der Waals surface area contributed by atoms with Gasteiger partial charge in [-0.15, -0.1) is 11.3 Å². The van der Waals surface area contributed by atoms with Crippen molar-refractivity contribution in [3.8, 4) is 0 Å². The average molecular weight is 539 g/mol. The van der Waals surface area contributed by atoms with E-state index in [9.17, 15) is 14.4 Å². The van der Waals surface area contributed by atoms with Gasteiger partial charge in [0.1, 0.15) is 6.10 Å². The Balaban J connectivity index is 1.32. The summed E-state index contributed by atoms with van der Waals surface area (Å²) in [5, 5.41) is 5.85. The van der Waals surface area contributed by atoms with Gasteiger partial charge in [0.25, 0.3) is 11.8 Å². The molecule has 5 rings (SSSR count). The number of thiophene rings is 1. The number of cyclic esters (lactones) is 1. The zero-order chi connectivity index (χ0) is 25.8. The van der Waals surface area contributed by atoms with Gasteiger partial charge in [-0.1, -0.05) is 29.8 Å². The number of hydrogen-bond acceptors (Lipinski definition) is 6. The maximum absolute atomic E-state index is 13.0.